The van der Waals surface area contributed by atoms with Crippen LogP contribution >= 0.6 is 11.6 Å². The van der Waals surface area contributed by atoms with Gasteiger partial charge in [0.25, 0.3) is 10.0 Å². The molecule has 0 heterocycles. The zero-order chi connectivity index (χ0) is 17.7. The Morgan fingerprint density at radius 3 is 2.42 bits per heavy atom. The van der Waals surface area contributed by atoms with Crippen LogP contribution in [0.4, 0.5) is 5.69 Å². The number of anilines is 1. The van der Waals surface area contributed by atoms with Gasteiger partial charge in [-0.05, 0) is 42.5 Å². The van der Waals surface area contributed by atoms with Crippen molar-refractivity contribution in [3.8, 4) is 11.5 Å². The third-order valence-corrected chi connectivity index (χ3v) is 4.59. The van der Waals surface area contributed by atoms with Crippen LogP contribution in [0.5, 0.6) is 11.5 Å². The number of rotatable bonds is 7. The van der Waals surface area contributed by atoms with Crippen molar-refractivity contribution in [2.45, 2.75) is 4.90 Å². The summed E-state index contributed by atoms with van der Waals surface area (Å²) in [5.41, 5.74) is 0.284. The van der Waals surface area contributed by atoms with E-state index < -0.39 is 22.6 Å². The van der Waals surface area contributed by atoms with E-state index in [1.165, 1.54) is 43.5 Å². The first-order valence-electron chi connectivity index (χ1n) is 6.63. The number of nitrogens with one attached hydrogen (secondary N) is 1. The molecule has 0 saturated carbocycles. The lowest BCUT2D eigenvalue weighted by Gasteiger charge is -2.10. The van der Waals surface area contributed by atoms with Crippen molar-refractivity contribution in [3.05, 3.63) is 47.5 Å². The van der Waals surface area contributed by atoms with Gasteiger partial charge in [-0.3, -0.25) is 4.72 Å². The zero-order valence-electron chi connectivity index (χ0n) is 12.5. The average Bonchev–Trinajstić information content (AvgIpc) is 2.53. The highest BCUT2D eigenvalue weighted by molar-refractivity contribution is 7.92. The summed E-state index contributed by atoms with van der Waals surface area (Å²) in [4.78, 5) is 10.4. The van der Waals surface area contributed by atoms with Crippen molar-refractivity contribution in [1.82, 2.24) is 0 Å². The van der Waals surface area contributed by atoms with Crippen LogP contribution < -0.4 is 14.2 Å². The fourth-order valence-corrected chi connectivity index (χ4v) is 3.11. The minimum atomic E-state index is -3.82. The number of hydrogen-bond acceptors (Lipinski definition) is 5. The van der Waals surface area contributed by atoms with E-state index in [0.717, 1.165) is 0 Å². The van der Waals surface area contributed by atoms with Crippen LogP contribution in [0.1, 0.15) is 0 Å². The van der Waals surface area contributed by atoms with Gasteiger partial charge < -0.3 is 14.6 Å². The number of hydrogen-bond donors (Lipinski definition) is 2. The van der Waals surface area contributed by atoms with Crippen LogP contribution in [0.15, 0.2) is 47.4 Å². The average molecular weight is 372 g/mol. The lowest BCUT2D eigenvalue weighted by molar-refractivity contribution is -0.139. The first-order valence-corrected chi connectivity index (χ1v) is 8.49. The molecule has 24 heavy (non-hydrogen) atoms. The number of carbonyl (C=O) groups is 1. The molecule has 2 aromatic rings. The van der Waals surface area contributed by atoms with Crippen LogP contribution in [0, 0.1) is 0 Å². The van der Waals surface area contributed by atoms with Crippen LogP contribution in [-0.4, -0.2) is 33.2 Å². The van der Waals surface area contributed by atoms with E-state index in [9.17, 15) is 13.2 Å². The first kappa shape index (κ1) is 17.9. The molecule has 9 heteroatoms. The Balaban J connectivity index is 2.15. The number of halogens is 1. The Kier molecular flexibility index (Phi) is 5.53. The lowest BCUT2D eigenvalue weighted by Crippen LogP contribution is -2.13. The van der Waals surface area contributed by atoms with Crippen molar-refractivity contribution in [1.29, 1.82) is 0 Å². The van der Waals surface area contributed by atoms with Gasteiger partial charge in [0.05, 0.1) is 22.7 Å². The molecule has 0 saturated heterocycles. The maximum atomic E-state index is 12.3. The molecule has 0 radical (unpaired) electrons. The number of methoxy groups -OCH3 is 1. The molecule has 0 aliphatic rings. The smallest absolute Gasteiger partial charge is 0.341 e. The number of aliphatic carboxylic acids is 1. The Bertz CT molecular complexity index is 836. The molecule has 0 amide bonds. The van der Waals surface area contributed by atoms with Crippen molar-refractivity contribution in [3.63, 3.8) is 0 Å². The summed E-state index contributed by atoms with van der Waals surface area (Å²) >= 11 is 5.96. The van der Waals surface area contributed by atoms with E-state index in [-0.39, 0.29) is 21.4 Å². The van der Waals surface area contributed by atoms with Crippen LogP contribution in [-0.2, 0) is 14.8 Å². The number of carboxylic acid groups (broad SMARTS) is 1. The maximum Gasteiger partial charge on any atom is 0.341 e. The molecule has 128 valence electrons. The highest BCUT2D eigenvalue weighted by Crippen LogP contribution is 2.28. The quantitative estimate of drug-likeness (QED) is 0.775. The molecule has 0 aromatic heterocycles. The number of ether oxygens (including phenoxy) is 2. The molecule has 2 N–H and O–H groups in total. The number of carboxylic acids is 1. The van der Waals surface area contributed by atoms with E-state index in [1.54, 1.807) is 6.07 Å². The van der Waals surface area contributed by atoms with E-state index >= 15 is 0 Å². The maximum absolute atomic E-state index is 12.3. The normalized spacial score (nSPS) is 10.9. The summed E-state index contributed by atoms with van der Waals surface area (Å²) in [7, 11) is -2.36. The predicted molar refractivity (Wildman–Crippen MR) is 88.4 cm³/mol. The molecule has 0 aliphatic carbocycles. The molecule has 0 unspecified atom stereocenters. The van der Waals surface area contributed by atoms with Gasteiger partial charge in [0, 0.05) is 0 Å². The Morgan fingerprint density at radius 2 is 1.88 bits per heavy atom. The summed E-state index contributed by atoms with van der Waals surface area (Å²) in [6.07, 6.45) is 0. The highest BCUT2D eigenvalue weighted by atomic mass is 35.5. The number of sulfonamides is 1. The van der Waals surface area contributed by atoms with Crippen molar-refractivity contribution in [2.24, 2.45) is 0 Å². The fourth-order valence-electron chi connectivity index (χ4n) is 1.80. The summed E-state index contributed by atoms with van der Waals surface area (Å²) in [5.74, 6) is -0.437. The van der Waals surface area contributed by atoms with E-state index in [4.69, 9.17) is 26.2 Å². The van der Waals surface area contributed by atoms with Crippen molar-refractivity contribution >= 4 is 33.3 Å². The van der Waals surface area contributed by atoms with Crippen LogP contribution in [0.25, 0.3) is 0 Å². The third kappa shape index (κ3) is 4.53. The number of benzene rings is 2. The van der Waals surface area contributed by atoms with Gasteiger partial charge in [-0.25, -0.2) is 13.2 Å². The molecular formula is C15H14ClNO6S. The minimum Gasteiger partial charge on any atom is -0.495 e. The third-order valence-electron chi connectivity index (χ3n) is 2.90. The Morgan fingerprint density at radius 1 is 1.21 bits per heavy atom. The standard InChI is InChI=1S/C15H14ClNO6S/c1-22-14-7-2-10(8-13(14)16)17-24(20,21)12-5-3-11(4-6-12)23-9-15(18)19/h2-8,17H,9H2,1H3,(H,18,19). The van der Waals surface area contributed by atoms with Gasteiger partial charge in [0.1, 0.15) is 11.5 Å². The predicted octanol–water partition coefficient (Wildman–Crippen LogP) is 2.61. The van der Waals surface area contributed by atoms with Crippen LogP contribution in [0.2, 0.25) is 5.02 Å². The van der Waals surface area contributed by atoms with Gasteiger partial charge in [-0.15, -0.1) is 0 Å². The lowest BCUT2D eigenvalue weighted by atomic mass is 10.3. The molecule has 7 nitrogen and oxygen atoms in total. The van der Waals surface area contributed by atoms with Crippen LogP contribution in [0.3, 0.4) is 0 Å². The van der Waals surface area contributed by atoms with Gasteiger partial charge in [0.2, 0.25) is 0 Å². The van der Waals surface area contributed by atoms with E-state index in [2.05, 4.69) is 4.72 Å². The zero-order valence-corrected chi connectivity index (χ0v) is 14.1. The monoisotopic (exact) mass is 371 g/mol. The van der Waals surface area contributed by atoms with Gasteiger partial charge in [-0.2, -0.15) is 0 Å². The summed E-state index contributed by atoms with van der Waals surface area (Å²) in [5, 5.41) is 8.81. The Hall–Kier alpha value is -2.45. The topological polar surface area (TPSA) is 102 Å². The molecule has 2 aromatic carbocycles. The molecule has 0 fully saturated rings. The molecular weight excluding hydrogens is 358 g/mol. The largest absolute Gasteiger partial charge is 0.495 e. The second kappa shape index (κ2) is 7.41. The molecule has 2 rings (SSSR count). The summed E-state index contributed by atoms with van der Waals surface area (Å²) in [6, 6.07) is 9.87. The SMILES string of the molecule is COc1ccc(NS(=O)(=O)c2ccc(OCC(=O)O)cc2)cc1Cl. The van der Waals surface area contributed by atoms with Gasteiger partial charge >= 0.3 is 5.97 Å². The van der Waals surface area contributed by atoms with E-state index in [1.807, 2.05) is 0 Å². The van der Waals surface area contributed by atoms with Gasteiger partial charge in [0.15, 0.2) is 6.61 Å². The molecule has 0 aliphatic heterocycles. The first-order chi connectivity index (χ1) is 11.3. The summed E-state index contributed by atoms with van der Waals surface area (Å²) < 4.78 is 37.0. The van der Waals surface area contributed by atoms with Crippen molar-refractivity contribution in [2.75, 3.05) is 18.4 Å². The van der Waals surface area contributed by atoms with Gasteiger partial charge in [-0.1, -0.05) is 11.6 Å². The fraction of sp³-hybridized carbons (Fsp3) is 0.133. The summed E-state index contributed by atoms with van der Waals surface area (Å²) in [6.45, 7) is -0.505. The van der Waals surface area contributed by atoms with E-state index in [0.29, 0.717) is 5.75 Å². The Labute approximate surface area is 143 Å². The molecule has 0 bridgehead atoms. The second-order valence-corrected chi connectivity index (χ2v) is 6.70. The highest BCUT2D eigenvalue weighted by Gasteiger charge is 2.15. The van der Waals surface area contributed by atoms with Crippen molar-refractivity contribution < 1.29 is 27.8 Å². The molecule has 0 atom stereocenters. The minimum absolute atomic E-state index is 0.00267. The second-order valence-electron chi connectivity index (χ2n) is 4.61. The molecule has 0 spiro atoms.